The van der Waals surface area contributed by atoms with Gasteiger partial charge in [-0.2, -0.15) is 0 Å². The van der Waals surface area contributed by atoms with Gasteiger partial charge in [-0.3, -0.25) is 4.79 Å². The van der Waals surface area contributed by atoms with Gasteiger partial charge in [0.15, 0.2) is 5.78 Å². The van der Waals surface area contributed by atoms with Crippen molar-refractivity contribution >= 4 is 16.8 Å². The molecule has 17 heavy (non-hydrogen) atoms. The predicted octanol–water partition coefficient (Wildman–Crippen LogP) is 2.80. The molecule has 1 aliphatic heterocycles. The van der Waals surface area contributed by atoms with Gasteiger partial charge >= 0.3 is 0 Å². The van der Waals surface area contributed by atoms with Gasteiger partial charge in [-0.15, -0.1) is 0 Å². The molecule has 4 nitrogen and oxygen atoms in total. The Kier molecular flexibility index (Phi) is 2.11. The van der Waals surface area contributed by atoms with E-state index in [9.17, 15) is 4.79 Å². The molecule has 0 N–H and O–H groups in total. The Labute approximate surface area is 98.1 Å². The highest BCUT2D eigenvalue weighted by Gasteiger charge is 2.29. The summed E-state index contributed by atoms with van der Waals surface area (Å²) in [5.74, 6) is 1.15. The second-order valence-corrected chi connectivity index (χ2v) is 4.17. The maximum absolute atomic E-state index is 12.1. The van der Waals surface area contributed by atoms with E-state index in [0.29, 0.717) is 29.1 Å². The quantitative estimate of drug-likeness (QED) is 0.758. The van der Waals surface area contributed by atoms with E-state index in [0.717, 1.165) is 5.39 Å². The minimum absolute atomic E-state index is 0.0544. The molecule has 0 amide bonds. The van der Waals surface area contributed by atoms with E-state index in [1.165, 1.54) is 0 Å². The SMILES string of the molecule is COc1c2c(cc3occc13)OC(C)CC2=O. The number of carbonyl (C=O) groups is 1. The molecule has 1 aromatic heterocycles. The predicted molar refractivity (Wildman–Crippen MR) is 61.8 cm³/mol. The Balaban J connectivity index is 2.34. The number of fused-ring (bicyclic) bond motifs is 2. The molecule has 0 fully saturated rings. The van der Waals surface area contributed by atoms with Gasteiger partial charge in [-0.25, -0.2) is 0 Å². The van der Waals surface area contributed by atoms with Crippen LogP contribution in [0.25, 0.3) is 11.0 Å². The van der Waals surface area contributed by atoms with Crippen molar-refractivity contribution in [3.63, 3.8) is 0 Å². The standard InChI is InChI=1S/C13H12O4/c1-7-5-9(14)12-11(17-7)6-10-8(3-4-16-10)13(12)15-2/h3-4,6-7H,5H2,1-2H3. The number of hydrogen-bond donors (Lipinski definition) is 0. The van der Waals surface area contributed by atoms with Gasteiger partial charge in [-0.1, -0.05) is 0 Å². The summed E-state index contributed by atoms with van der Waals surface area (Å²) in [6, 6.07) is 3.54. The number of ketones is 1. The van der Waals surface area contributed by atoms with E-state index >= 15 is 0 Å². The van der Waals surface area contributed by atoms with Crippen LogP contribution in [-0.4, -0.2) is 19.0 Å². The van der Waals surface area contributed by atoms with Crippen molar-refractivity contribution in [1.29, 1.82) is 0 Å². The van der Waals surface area contributed by atoms with Gasteiger partial charge < -0.3 is 13.9 Å². The number of benzene rings is 1. The third-order valence-electron chi connectivity index (χ3n) is 2.96. The molecule has 1 atom stereocenters. The van der Waals surface area contributed by atoms with Crippen molar-refractivity contribution in [2.75, 3.05) is 7.11 Å². The molecular formula is C13H12O4. The summed E-state index contributed by atoms with van der Waals surface area (Å²) in [6.07, 6.45) is 1.85. The average molecular weight is 232 g/mol. The van der Waals surface area contributed by atoms with Crippen LogP contribution in [0, 0.1) is 0 Å². The molecule has 1 aliphatic rings. The summed E-state index contributed by atoms with van der Waals surface area (Å²) in [7, 11) is 1.55. The van der Waals surface area contributed by atoms with Crippen LogP contribution in [-0.2, 0) is 0 Å². The van der Waals surface area contributed by atoms with Crippen LogP contribution >= 0.6 is 0 Å². The number of Topliss-reactive ketones (excluding diaryl/α,β-unsaturated/α-hetero) is 1. The number of carbonyl (C=O) groups excluding carboxylic acids is 1. The zero-order chi connectivity index (χ0) is 12.0. The van der Waals surface area contributed by atoms with E-state index in [2.05, 4.69) is 0 Å². The van der Waals surface area contributed by atoms with Gasteiger partial charge in [0.05, 0.1) is 18.8 Å². The average Bonchev–Trinajstić information content (AvgIpc) is 2.73. The Bertz CT molecular complexity index is 597. The molecule has 88 valence electrons. The van der Waals surface area contributed by atoms with E-state index < -0.39 is 0 Å². The zero-order valence-corrected chi connectivity index (χ0v) is 9.65. The first-order valence-electron chi connectivity index (χ1n) is 5.48. The first-order chi connectivity index (χ1) is 8.20. The number of rotatable bonds is 1. The van der Waals surface area contributed by atoms with Crippen LogP contribution < -0.4 is 9.47 Å². The largest absolute Gasteiger partial charge is 0.495 e. The lowest BCUT2D eigenvalue weighted by molar-refractivity contribution is 0.0867. The van der Waals surface area contributed by atoms with Crippen molar-refractivity contribution < 1.29 is 18.7 Å². The maximum Gasteiger partial charge on any atom is 0.174 e. The summed E-state index contributed by atoms with van der Waals surface area (Å²) in [5.41, 5.74) is 1.20. The number of hydrogen-bond acceptors (Lipinski definition) is 4. The van der Waals surface area contributed by atoms with Gasteiger partial charge in [0.1, 0.15) is 28.7 Å². The highest BCUT2D eigenvalue weighted by atomic mass is 16.5. The van der Waals surface area contributed by atoms with Crippen LogP contribution in [0.3, 0.4) is 0 Å². The maximum atomic E-state index is 12.1. The summed E-state index contributed by atoms with van der Waals surface area (Å²) in [6.45, 7) is 1.87. The lowest BCUT2D eigenvalue weighted by Gasteiger charge is -2.23. The highest BCUT2D eigenvalue weighted by Crippen LogP contribution is 2.41. The normalized spacial score (nSPS) is 18.9. The van der Waals surface area contributed by atoms with Crippen LogP contribution in [0.2, 0.25) is 0 Å². The molecule has 2 aromatic rings. The highest BCUT2D eigenvalue weighted by molar-refractivity contribution is 6.07. The first-order valence-corrected chi connectivity index (χ1v) is 5.48. The topological polar surface area (TPSA) is 48.7 Å². The summed E-state index contributed by atoms with van der Waals surface area (Å²) < 4.78 is 16.3. The van der Waals surface area contributed by atoms with Crippen molar-refractivity contribution in [1.82, 2.24) is 0 Å². The molecule has 0 radical (unpaired) electrons. The molecule has 0 bridgehead atoms. The fraction of sp³-hybridized carbons (Fsp3) is 0.308. The fourth-order valence-electron chi connectivity index (χ4n) is 2.25. The van der Waals surface area contributed by atoms with Crippen LogP contribution in [0.1, 0.15) is 23.7 Å². The van der Waals surface area contributed by atoms with Crippen molar-refractivity contribution in [2.24, 2.45) is 0 Å². The summed E-state index contributed by atoms with van der Waals surface area (Å²) >= 11 is 0. The lowest BCUT2D eigenvalue weighted by Crippen LogP contribution is -2.24. The van der Waals surface area contributed by atoms with Gasteiger partial charge in [0.25, 0.3) is 0 Å². The number of ether oxygens (including phenoxy) is 2. The van der Waals surface area contributed by atoms with Crippen molar-refractivity contribution in [2.45, 2.75) is 19.4 Å². The summed E-state index contributed by atoms with van der Waals surface area (Å²) in [5, 5.41) is 0.803. The monoisotopic (exact) mass is 232 g/mol. The molecular weight excluding hydrogens is 220 g/mol. The zero-order valence-electron chi connectivity index (χ0n) is 9.65. The Morgan fingerprint density at radius 3 is 3.06 bits per heavy atom. The second kappa shape index (κ2) is 3.52. The Morgan fingerprint density at radius 2 is 2.29 bits per heavy atom. The molecule has 0 aliphatic carbocycles. The van der Waals surface area contributed by atoms with Crippen LogP contribution in [0.15, 0.2) is 22.8 Å². The van der Waals surface area contributed by atoms with Gasteiger partial charge in [-0.05, 0) is 13.0 Å². The molecule has 1 aromatic carbocycles. The summed E-state index contributed by atoms with van der Waals surface area (Å²) in [4.78, 5) is 12.1. The van der Waals surface area contributed by atoms with Gasteiger partial charge in [0.2, 0.25) is 0 Å². The van der Waals surface area contributed by atoms with E-state index in [4.69, 9.17) is 13.9 Å². The third kappa shape index (κ3) is 1.40. The van der Waals surface area contributed by atoms with Gasteiger partial charge in [0, 0.05) is 12.5 Å². The minimum Gasteiger partial charge on any atom is -0.495 e. The number of furan rings is 1. The smallest absolute Gasteiger partial charge is 0.174 e. The van der Waals surface area contributed by atoms with E-state index in [-0.39, 0.29) is 11.9 Å². The number of methoxy groups -OCH3 is 1. The fourth-order valence-corrected chi connectivity index (χ4v) is 2.25. The third-order valence-corrected chi connectivity index (χ3v) is 2.96. The lowest BCUT2D eigenvalue weighted by atomic mass is 9.98. The van der Waals surface area contributed by atoms with Crippen LogP contribution in [0.4, 0.5) is 0 Å². The Morgan fingerprint density at radius 1 is 1.47 bits per heavy atom. The first kappa shape index (κ1) is 10.2. The van der Waals surface area contributed by atoms with E-state index in [1.54, 1.807) is 25.5 Å². The minimum atomic E-state index is -0.105. The molecule has 2 heterocycles. The van der Waals surface area contributed by atoms with E-state index in [1.807, 2.05) is 6.92 Å². The van der Waals surface area contributed by atoms with Crippen LogP contribution in [0.5, 0.6) is 11.5 Å². The molecule has 3 rings (SSSR count). The van der Waals surface area contributed by atoms with Crippen molar-refractivity contribution in [3.05, 3.63) is 24.0 Å². The second-order valence-electron chi connectivity index (χ2n) is 4.17. The molecule has 0 saturated heterocycles. The van der Waals surface area contributed by atoms with Crippen molar-refractivity contribution in [3.8, 4) is 11.5 Å². The molecule has 0 spiro atoms. The molecule has 4 heteroatoms. The molecule has 0 saturated carbocycles. The Hall–Kier alpha value is -1.97. The molecule has 1 unspecified atom stereocenters.